The summed E-state index contributed by atoms with van der Waals surface area (Å²) in [6.45, 7) is 8.08. The Labute approximate surface area is 179 Å². The van der Waals surface area contributed by atoms with Crippen LogP contribution in [0.5, 0.6) is 0 Å². The number of hydrogen-bond acceptors (Lipinski definition) is 4. The van der Waals surface area contributed by atoms with Gasteiger partial charge in [-0.25, -0.2) is 4.98 Å². The van der Waals surface area contributed by atoms with Gasteiger partial charge in [0, 0.05) is 42.2 Å². The van der Waals surface area contributed by atoms with Crippen molar-refractivity contribution in [3.63, 3.8) is 0 Å². The lowest BCUT2D eigenvalue weighted by atomic mass is 10.0. The zero-order valence-electron chi connectivity index (χ0n) is 17.7. The Kier molecular flexibility index (Phi) is 5.61. The molecule has 30 heavy (non-hydrogen) atoms. The first-order valence-corrected chi connectivity index (χ1v) is 10.9. The molecule has 156 valence electrons. The van der Waals surface area contributed by atoms with Crippen LogP contribution in [0.15, 0.2) is 55.0 Å². The number of benzene rings is 1. The number of pyridine rings is 1. The normalized spacial score (nSPS) is 18.8. The minimum absolute atomic E-state index is 0.143. The number of carbonyl (C=O) groups is 1. The highest BCUT2D eigenvalue weighted by molar-refractivity contribution is 7.19. The molecule has 1 fully saturated rings. The van der Waals surface area contributed by atoms with Gasteiger partial charge in [0.15, 0.2) is 5.82 Å². The van der Waals surface area contributed by atoms with Gasteiger partial charge in [0.05, 0.1) is 17.4 Å². The number of anilines is 2. The van der Waals surface area contributed by atoms with E-state index in [1.54, 1.807) is 17.1 Å². The van der Waals surface area contributed by atoms with Crippen LogP contribution >= 0.6 is 9.24 Å². The van der Waals surface area contributed by atoms with Crippen LogP contribution in [0, 0.1) is 0 Å². The largest absolute Gasteiger partial charge is 0.354 e. The summed E-state index contributed by atoms with van der Waals surface area (Å²) < 4.78 is 1.79. The average molecular weight is 421 g/mol. The summed E-state index contributed by atoms with van der Waals surface area (Å²) in [6.07, 6.45) is 6.28. The lowest BCUT2D eigenvalue weighted by Gasteiger charge is -2.24. The molecule has 1 N–H and O–H groups in total. The number of nitrogens with one attached hydrogen (secondary N) is 1. The first-order valence-electron chi connectivity index (χ1n) is 10.3. The maximum Gasteiger partial charge on any atom is 0.258 e. The number of carbonyl (C=O) groups excluding carboxylic acids is 1. The molecule has 6 nitrogen and oxygen atoms in total. The molecular weight excluding hydrogens is 393 g/mol. The van der Waals surface area contributed by atoms with E-state index in [9.17, 15) is 4.79 Å². The summed E-state index contributed by atoms with van der Waals surface area (Å²) in [6, 6.07) is 12.3. The van der Waals surface area contributed by atoms with Crippen molar-refractivity contribution >= 4 is 26.7 Å². The number of aromatic nitrogens is 3. The SMILES string of the molecule is CC(C)n1cc(C(=O)Nc2c(-c3ccccc3)ccnc2N2CCC(C)(P)C2)cn1. The number of rotatable bonds is 5. The standard InChI is InChI=1S/C23H28N5OP/c1-16(2)28-14-18(13-25-28)22(29)26-20-19(17-7-5-4-6-8-17)9-11-24-21(20)27-12-10-23(3,30)15-27/h4-9,11,13-14,16H,10,12,15,30H2,1-3H3,(H,26,29). The molecule has 4 rings (SSSR count). The summed E-state index contributed by atoms with van der Waals surface area (Å²) in [7, 11) is 2.95. The van der Waals surface area contributed by atoms with Crippen LogP contribution in [-0.2, 0) is 0 Å². The summed E-state index contributed by atoms with van der Waals surface area (Å²) in [4.78, 5) is 20.0. The number of hydrogen-bond donors (Lipinski definition) is 1. The zero-order chi connectivity index (χ0) is 21.3. The minimum Gasteiger partial charge on any atom is -0.354 e. The van der Waals surface area contributed by atoms with E-state index < -0.39 is 0 Å². The molecule has 0 saturated carbocycles. The average Bonchev–Trinajstić information content (AvgIpc) is 3.36. The molecule has 0 spiro atoms. The smallest absolute Gasteiger partial charge is 0.258 e. The molecule has 7 heteroatoms. The van der Waals surface area contributed by atoms with Crippen LogP contribution < -0.4 is 10.2 Å². The van der Waals surface area contributed by atoms with Crippen molar-refractivity contribution in [1.29, 1.82) is 0 Å². The molecule has 0 aliphatic carbocycles. The highest BCUT2D eigenvalue weighted by Crippen LogP contribution is 2.39. The molecule has 2 atom stereocenters. The van der Waals surface area contributed by atoms with Crippen LogP contribution in [-0.4, -0.2) is 38.9 Å². The van der Waals surface area contributed by atoms with E-state index in [-0.39, 0.29) is 17.1 Å². The third-order valence-corrected chi connectivity index (χ3v) is 5.92. The first-order chi connectivity index (χ1) is 14.3. The number of amides is 1. The van der Waals surface area contributed by atoms with Crippen molar-refractivity contribution in [2.75, 3.05) is 23.3 Å². The van der Waals surface area contributed by atoms with Crippen LogP contribution in [0.3, 0.4) is 0 Å². The van der Waals surface area contributed by atoms with Gasteiger partial charge in [-0.2, -0.15) is 5.10 Å². The molecule has 1 saturated heterocycles. The van der Waals surface area contributed by atoms with Crippen molar-refractivity contribution in [3.05, 3.63) is 60.6 Å². The van der Waals surface area contributed by atoms with Crippen LogP contribution in [0.2, 0.25) is 0 Å². The Morgan fingerprint density at radius 3 is 2.63 bits per heavy atom. The second-order valence-electron chi connectivity index (χ2n) is 8.51. The fourth-order valence-electron chi connectivity index (χ4n) is 3.76. The topological polar surface area (TPSA) is 63.1 Å². The summed E-state index contributed by atoms with van der Waals surface area (Å²) in [5, 5.41) is 7.60. The van der Waals surface area contributed by atoms with E-state index in [1.807, 2.05) is 44.3 Å². The third-order valence-electron chi connectivity index (χ3n) is 5.45. The Morgan fingerprint density at radius 2 is 2.00 bits per heavy atom. The predicted octanol–water partition coefficient (Wildman–Crippen LogP) is 4.62. The van der Waals surface area contributed by atoms with Gasteiger partial charge in [-0.3, -0.25) is 9.48 Å². The Bertz CT molecular complexity index is 1040. The Morgan fingerprint density at radius 1 is 1.23 bits per heavy atom. The Balaban J connectivity index is 1.74. The fraction of sp³-hybridized carbons (Fsp3) is 0.348. The van der Waals surface area contributed by atoms with Gasteiger partial charge >= 0.3 is 0 Å². The lowest BCUT2D eigenvalue weighted by molar-refractivity contribution is 0.102. The van der Waals surface area contributed by atoms with Crippen molar-refractivity contribution in [3.8, 4) is 11.1 Å². The fourth-order valence-corrected chi connectivity index (χ4v) is 4.11. The minimum atomic E-state index is -0.179. The van der Waals surface area contributed by atoms with Gasteiger partial charge in [0.25, 0.3) is 5.91 Å². The van der Waals surface area contributed by atoms with Gasteiger partial charge in [-0.15, -0.1) is 9.24 Å². The zero-order valence-corrected chi connectivity index (χ0v) is 18.8. The van der Waals surface area contributed by atoms with Crippen molar-refractivity contribution in [2.45, 2.75) is 38.4 Å². The van der Waals surface area contributed by atoms with Crippen molar-refractivity contribution in [1.82, 2.24) is 14.8 Å². The maximum atomic E-state index is 13.1. The molecule has 1 aromatic carbocycles. The molecule has 2 unspecified atom stereocenters. The van der Waals surface area contributed by atoms with E-state index >= 15 is 0 Å². The highest BCUT2D eigenvalue weighted by Gasteiger charge is 2.32. The van der Waals surface area contributed by atoms with Crippen LogP contribution in [0.4, 0.5) is 11.5 Å². The van der Waals surface area contributed by atoms with E-state index in [2.05, 4.69) is 48.6 Å². The van der Waals surface area contributed by atoms with Gasteiger partial charge in [0.1, 0.15) is 0 Å². The summed E-state index contributed by atoms with van der Waals surface area (Å²) in [5.41, 5.74) is 3.29. The third kappa shape index (κ3) is 4.24. The maximum absolute atomic E-state index is 13.1. The second-order valence-corrected chi connectivity index (χ2v) is 9.90. The van der Waals surface area contributed by atoms with E-state index in [1.165, 1.54) is 0 Å². The van der Waals surface area contributed by atoms with E-state index in [0.29, 0.717) is 5.56 Å². The predicted molar refractivity (Wildman–Crippen MR) is 125 cm³/mol. The molecule has 3 aromatic rings. The second kappa shape index (κ2) is 8.19. The van der Waals surface area contributed by atoms with E-state index in [4.69, 9.17) is 0 Å². The van der Waals surface area contributed by atoms with Crippen LogP contribution in [0.1, 0.15) is 43.6 Å². The molecule has 2 aromatic heterocycles. The van der Waals surface area contributed by atoms with Crippen LogP contribution in [0.25, 0.3) is 11.1 Å². The first kappa shape index (κ1) is 20.5. The van der Waals surface area contributed by atoms with E-state index in [0.717, 1.165) is 42.1 Å². The monoisotopic (exact) mass is 421 g/mol. The molecule has 0 bridgehead atoms. The molecule has 0 radical (unpaired) electrons. The molecular formula is C23H28N5OP. The summed E-state index contributed by atoms with van der Waals surface area (Å²) >= 11 is 0. The molecule has 1 aliphatic heterocycles. The number of nitrogens with zero attached hydrogens (tertiary/aromatic N) is 4. The molecule has 1 aliphatic rings. The van der Waals surface area contributed by atoms with Gasteiger partial charge < -0.3 is 10.2 Å². The lowest BCUT2D eigenvalue weighted by Crippen LogP contribution is -2.27. The highest BCUT2D eigenvalue weighted by atomic mass is 31.0. The van der Waals surface area contributed by atoms with Crippen molar-refractivity contribution in [2.24, 2.45) is 0 Å². The molecule has 3 heterocycles. The van der Waals surface area contributed by atoms with Gasteiger partial charge in [0.2, 0.25) is 0 Å². The van der Waals surface area contributed by atoms with Crippen molar-refractivity contribution < 1.29 is 4.79 Å². The van der Waals surface area contributed by atoms with Gasteiger partial charge in [-0.1, -0.05) is 37.3 Å². The molecule has 1 amide bonds. The Hall–Kier alpha value is -2.72. The quantitative estimate of drug-likeness (QED) is 0.611. The van der Waals surface area contributed by atoms with Gasteiger partial charge in [-0.05, 0) is 31.9 Å². The summed E-state index contributed by atoms with van der Waals surface area (Å²) in [5.74, 6) is 0.633.